The normalized spacial score (nSPS) is 13.1. The van der Waals surface area contributed by atoms with E-state index in [0.717, 1.165) is 11.1 Å². The van der Waals surface area contributed by atoms with Gasteiger partial charge in [0, 0.05) is 11.6 Å². The lowest BCUT2D eigenvalue weighted by atomic mass is 10.1. The number of amides is 1. The third kappa shape index (κ3) is 6.57. The van der Waals surface area contributed by atoms with E-state index in [-0.39, 0.29) is 29.5 Å². The van der Waals surface area contributed by atoms with Gasteiger partial charge in [-0.05, 0) is 49.7 Å². The number of nitrogens with one attached hydrogen (secondary N) is 2. The number of para-hydroxylation sites is 1. The molecule has 0 fully saturated rings. The largest absolute Gasteiger partial charge is 0.496 e. The first-order valence-corrected chi connectivity index (χ1v) is 12.0. The Labute approximate surface area is 194 Å². The van der Waals surface area contributed by atoms with Gasteiger partial charge in [-0.1, -0.05) is 48.5 Å². The lowest BCUT2D eigenvalue weighted by Crippen LogP contribution is -2.31. The molecule has 7 nitrogen and oxygen atoms in total. The van der Waals surface area contributed by atoms with Crippen molar-refractivity contribution in [1.82, 2.24) is 10.0 Å². The van der Waals surface area contributed by atoms with Crippen molar-refractivity contribution in [2.24, 2.45) is 0 Å². The first kappa shape index (κ1) is 24.3. The van der Waals surface area contributed by atoms with Crippen LogP contribution < -0.4 is 19.5 Å². The third-order valence-corrected chi connectivity index (χ3v) is 6.68. The summed E-state index contributed by atoms with van der Waals surface area (Å²) in [7, 11) is -2.12. The van der Waals surface area contributed by atoms with Crippen molar-refractivity contribution in [2.45, 2.75) is 30.8 Å². The van der Waals surface area contributed by atoms with Crippen molar-refractivity contribution >= 4 is 15.9 Å². The number of carbonyl (C=O) groups is 1. The lowest BCUT2D eigenvalue weighted by Gasteiger charge is -2.17. The highest BCUT2D eigenvalue weighted by Crippen LogP contribution is 2.24. The molecule has 0 unspecified atom stereocenters. The van der Waals surface area contributed by atoms with E-state index >= 15 is 0 Å². The van der Waals surface area contributed by atoms with E-state index in [1.54, 1.807) is 14.0 Å². The summed E-state index contributed by atoms with van der Waals surface area (Å²) in [6.07, 6.45) is 0. The number of sulfonamides is 1. The summed E-state index contributed by atoms with van der Waals surface area (Å²) in [5.41, 5.74) is 1.73. The van der Waals surface area contributed by atoms with Gasteiger partial charge in [-0.25, -0.2) is 13.1 Å². The van der Waals surface area contributed by atoms with Gasteiger partial charge < -0.3 is 14.8 Å². The van der Waals surface area contributed by atoms with Crippen LogP contribution in [0.25, 0.3) is 0 Å². The van der Waals surface area contributed by atoms with Gasteiger partial charge in [-0.15, -0.1) is 0 Å². The van der Waals surface area contributed by atoms with Gasteiger partial charge in [0.05, 0.1) is 18.0 Å². The molecule has 0 aromatic heterocycles. The zero-order valence-corrected chi connectivity index (χ0v) is 19.6. The number of ether oxygens (including phenoxy) is 2. The van der Waals surface area contributed by atoms with Crippen molar-refractivity contribution in [3.63, 3.8) is 0 Å². The Balaban J connectivity index is 1.55. The van der Waals surface area contributed by atoms with Gasteiger partial charge >= 0.3 is 0 Å². The van der Waals surface area contributed by atoms with Crippen LogP contribution in [-0.4, -0.2) is 28.0 Å². The van der Waals surface area contributed by atoms with Crippen LogP contribution in [0.5, 0.6) is 11.5 Å². The summed E-state index contributed by atoms with van der Waals surface area (Å²) in [5.74, 6) is 0.784. The third-order valence-electron chi connectivity index (χ3n) is 5.12. The fourth-order valence-corrected chi connectivity index (χ4v) is 4.59. The number of hydrogen-bond acceptors (Lipinski definition) is 5. The van der Waals surface area contributed by atoms with Crippen molar-refractivity contribution in [3.05, 3.63) is 90.0 Å². The van der Waals surface area contributed by atoms with E-state index < -0.39 is 10.0 Å². The minimum atomic E-state index is -3.71. The Bertz CT molecular complexity index is 1160. The van der Waals surface area contributed by atoms with Gasteiger partial charge in [0.15, 0.2) is 6.61 Å². The first-order valence-electron chi connectivity index (χ1n) is 10.5. The molecule has 2 atom stereocenters. The summed E-state index contributed by atoms with van der Waals surface area (Å²) in [6.45, 7) is 3.45. The molecule has 3 aromatic carbocycles. The first-order chi connectivity index (χ1) is 15.8. The average Bonchev–Trinajstić information content (AvgIpc) is 2.83. The smallest absolute Gasteiger partial charge is 0.258 e. The van der Waals surface area contributed by atoms with Crippen LogP contribution in [0.2, 0.25) is 0 Å². The topological polar surface area (TPSA) is 93.7 Å². The van der Waals surface area contributed by atoms with Crippen LogP contribution >= 0.6 is 0 Å². The van der Waals surface area contributed by atoms with Crippen molar-refractivity contribution < 1.29 is 22.7 Å². The van der Waals surface area contributed by atoms with Crippen LogP contribution in [0.15, 0.2) is 83.8 Å². The molecule has 0 spiro atoms. The molecule has 174 valence electrons. The highest BCUT2D eigenvalue weighted by molar-refractivity contribution is 7.89. The predicted octanol–water partition coefficient (Wildman–Crippen LogP) is 3.99. The van der Waals surface area contributed by atoms with Crippen molar-refractivity contribution in [1.29, 1.82) is 0 Å². The zero-order chi connectivity index (χ0) is 23.8. The second-order valence-corrected chi connectivity index (χ2v) is 9.26. The van der Waals surface area contributed by atoms with Crippen LogP contribution in [0.3, 0.4) is 0 Å². The minimum absolute atomic E-state index is 0.117. The standard InChI is InChI=1S/C25H28N2O5S/c1-18(20-9-5-4-6-10-20)27-33(29,30)22-15-13-21(14-16-22)32-17-25(28)26-19(2)23-11-7-8-12-24(23)31-3/h4-16,18-19,27H,17H2,1-3H3,(H,26,28)/t18-,19+/m1/s1. The van der Waals surface area contributed by atoms with Crippen molar-refractivity contribution in [3.8, 4) is 11.5 Å². The van der Waals surface area contributed by atoms with E-state index in [1.165, 1.54) is 24.3 Å². The number of rotatable bonds is 10. The number of carbonyl (C=O) groups excluding carboxylic acids is 1. The molecular weight excluding hydrogens is 440 g/mol. The minimum Gasteiger partial charge on any atom is -0.496 e. The molecule has 33 heavy (non-hydrogen) atoms. The molecule has 0 aliphatic rings. The summed E-state index contributed by atoms with van der Waals surface area (Å²) in [6, 6.07) is 22.1. The van der Waals surface area contributed by atoms with E-state index in [1.807, 2.05) is 61.5 Å². The second-order valence-electron chi connectivity index (χ2n) is 7.54. The Kier molecular flexibility index (Phi) is 8.08. The number of benzene rings is 3. The summed E-state index contributed by atoms with van der Waals surface area (Å²) in [5, 5.41) is 2.86. The molecule has 0 saturated heterocycles. The van der Waals surface area contributed by atoms with Gasteiger partial charge in [0.2, 0.25) is 10.0 Å². The number of hydrogen-bond donors (Lipinski definition) is 2. The Morgan fingerprint density at radius 1 is 0.879 bits per heavy atom. The molecule has 0 saturated carbocycles. The summed E-state index contributed by atoms with van der Waals surface area (Å²) < 4.78 is 38.9. The molecular formula is C25H28N2O5S. The average molecular weight is 469 g/mol. The maximum atomic E-state index is 12.7. The van der Waals surface area contributed by atoms with Crippen molar-refractivity contribution in [2.75, 3.05) is 13.7 Å². The van der Waals surface area contributed by atoms with E-state index in [4.69, 9.17) is 9.47 Å². The predicted molar refractivity (Wildman–Crippen MR) is 127 cm³/mol. The van der Waals surface area contributed by atoms with Gasteiger partial charge in [0.1, 0.15) is 11.5 Å². The molecule has 3 aromatic rings. The molecule has 0 heterocycles. The molecule has 2 N–H and O–H groups in total. The van der Waals surface area contributed by atoms with Crippen LogP contribution in [0.1, 0.15) is 37.1 Å². The highest BCUT2D eigenvalue weighted by atomic mass is 32.2. The Morgan fingerprint density at radius 3 is 2.18 bits per heavy atom. The lowest BCUT2D eigenvalue weighted by molar-refractivity contribution is -0.123. The quantitative estimate of drug-likeness (QED) is 0.469. The molecule has 0 bridgehead atoms. The fourth-order valence-electron chi connectivity index (χ4n) is 3.36. The van der Waals surface area contributed by atoms with Gasteiger partial charge in [0.25, 0.3) is 5.91 Å². The summed E-state index contributed by atoms with van der Waals surface area (Å²) in [4.78, 5) is 12.4. The Morgan fingerprint density at radius 2 is 1.52 bits per heavy atom. The van der Waals surface area contributed by atoms with Crippen LogP contribution in [-0.2, 0) is 14.8 Å². The van der Waals surface area contributed by atoms with E-state index in [2.05, 4.69) is 10.0 Å². The second kappa shape index (κ2) is 11.0. The monoisotopic (exact) mass is 468 g/mol. The molecule has 0 radical (unpaired) electrons. The van der Waals surface area contributed by atoms with E-state index in [0.29, 0.717) is 11.5 Å². The fraction of sp³-hybridized carbons (Fsp3) is 0.240. The maximum absolute atomic E-state index is 12.7. The summed E-state index contributed by atoms with van der Waals surface area (Å²) >= 11 is 0. The van der Waals surface area contributed by atoms with Gasteiger partial charge in [-0.3, -0.25) is 4.79 Å². The molecule has 8 heteroatoms. The molecule has 3 rings (SSSR count). The molecule has 1 amide bonds. The van der Waals surface area contributed by atoms with Crippen LogP contribution in [0, 0.1) is 0 Å². The highest BCUT2D eigenvalue weighted by Gasteiger charge is 2.19. The Hall–Kier alpha value is -3.36. The van der Waals surface area contributed by atoms with Crippen LogP contribution in [0.4, 0.5) is 0 Å². The maximum Gasteiger partial charge on any atom is 0.258 e. The van der Waals surface area contributed by atoms with Gasteiger partial charge in [-0.2, -0.15) is 0 Å². The SMILES string of the molecule is COc1ccccc1[C@H](C)NC(=O)COc1ccc(S(=O)(=O)N[C@H](C)c2ccccc2)cc1. The molecule has 0 aliphatic heterocycles. The molecule has 0 aliphatic carbocycles. The zero-order valence-electron chi connectivity index (χ0n) is 18.8. The van der Waals surface area contributed by atoms with E-state index in [9.17, 15) is 13.2 Å². The number of methoxy groups -OCH3 is 1.